The van der Waals surface area contributed by atoms with Gasteiger partial charge < -0.3 is 22.1 Å². The summed E-state index contributed by atoms with van der Waals surface area (Å²) in [5.41, 5.74) is 10.5. The lowest BCUT2D eigenvalue weighted by Gasteiger charge is -2.03. The van der Waals surface area contributed by atoms with E-state index < -0.39 is 0 Å². The first kappa shape index (κ1) is 19.2. The summed E-state index contributed by atoms with van der Waals surface area (Å²) in [4.78, 5) is 0. The maximum atomic E-state index is 5.27. The fourth-order valence-corrected chi connectivity index (χ4v) is 1.50. The molecule has 0 saturated heterocycles. The number of hydrogen-bond acceptors (Lipinski definition) is 4. The van der Waals surface area contributed by atoms with Gasteiger partial charge in [-0.1, -0.05) is 39.7 Å². The van der Waals surface area contributed by atoms with Crippen LogP contribution in [0.2, 0.25) is 19.0 Å². The van der Waals surface area contributed by atoms with E-state index in [4.69, 9.17) is 11.5 Å². The van der Waals surface area contributed by atoms with E-state index in [0.29, 0.717) is 13.1 Å². The molecule has 0 aromatic rings. The first-order valence-corrected chi connectivity index (χ1v) is 7.08. The van der Waals surface area contributed by atoms with Crippen LogP contribution < -0.4 is 22.1 Å². The highest BCUT2D eigenvalue weighted by atomic mass is 14.9. The Hall–Kier alpha value is -0.0951. The standard InChI is InChI=1S/C6H15B.C6H18N4/c1-4-7(5-2)6-3;7-1-3-9-5-6-10-4-2-8/h4-6H2,1-3H3;9-10H,1-8H2. The minimum Gasteiger partial charge on any atom is -0.329 e. The van der Waals surface area contributed by atoms with Crippen molar-refractivity contribution in [2.75, 3.05) is 39.3 Å². The summed E-state index contributed by atoms with van der Waals surface area (Å²) < 4.78 is 0. The second-order valence-electron chi connectivity index (χ2n) is 4.17. The molecule has 0 aliphatic carbocycles. The topological polar surface area (TPSA) is 76.1 Å². The van der Waals surface area contributed by atoms with E-state index in [1.807, 2.05) is 0 Å². The van der Waals surface area contributed by atoms with Crippen molar-refractivity contribution in [3.63, 3.8) is 0 Å². The Bertz CT molecular complexity index is 108. The van der Waals surface area contributed by atoms with E-state index in [9.17, 15) is 0 Å². The van der Waals surface area contributed by atoms with Crippen LogP contribution in [0.25, 0.3) is 0 Å². The Morgan fingerprint density at radius 3 is 1.24 bits per heavy atom. The van der Waals surface area contributed by atoms with E-state index in [0.717, 1.165) is 32.9 Å². The summed E-state index contributed by atoms with van der Waals surface area (Å²) in [6, 6.07) is 0. The zero-order valence-electron chi connectivity index (χ0n) is 12.1. The van der Waals surface area contributed by atoms with Gasteiger partial charge in [0.15, 0.2) is 0 Å². The van der Waals surface area contributed by atoms with Crippen LogP contribution in [0.5, 0.6) is 0 Å². The molecule has 4 nitrogen and oxygen atoms in total. The maximum Gasteiger partial charge on any atom is 0.139 e. The van der Waals surface area contributed by atoms with Crippen LogP contribution in [0, 0.1) is 0 Å². The monoisotopic (exact) mass is 244 g/mol. The molecule has 5 heteroatoms. The van der Waals surface area contributed by atoms with Gasteiger partial charge in [-0.2, -0.15) is 0 Å². The number of nitrogens with two attached hydrogens (primary N) is 2. The van der Waals surface area contributed by atoms with Gasteiger partial charge in [-0.15, -0.1) is 0 Å². The Labute approximate surface area is 108 Å². The molecule has 0 aliphatic heterocycles. The van der Waals surface area contributed by atoms with Crippen molar-refractivity contribution in [3.05, 3.63) is 0 Å². The molecule has 0 spiro atoms. The van der Waals surface area contributed by atoms with Gasteiger partial charge in [-0.3, -0.25) is 0 Å². The van der Waals surface area contributed by atoms with Crippen molar-refractivity contribution in [1.82, 2.24) is 10.6 Å². The van der Waals surface area contributed by atoms with E-state index in [1.54, 1.807) is 0 Å². The smallest absolute Gasteiger partial charge is 0.139 e. The van der Waals surface area contributed by atoms with Crippen molar-refractivity contribution < 1.29 is 0 Å². The molecule has 0 unspecified atom stereocenters. The Kier molecular flexibility index (Phi) is 20.7. The van der Waals surface area contributed by atoms with Gasteiger partial charge in [0.2, 0.25) is 0 Å². The lowest BCUT2D eigenvalue weighted by molar-refractivity contribution is 0.618. The van der Waals surface area contributed by atoms with Crippen LogP contribution in [-0.4, -0.2) is 46.0 Å². The highest BCUT2D eigenvalue weighted by molar-refractivity contribution is 6.58. The average Bonchev–Trinajstić information content (AvgIpc) is 2.37. The van der Waals surface area contributed by atoms with Crippen LogP contribution in [0.3, 0.4) is 0 Å². The minimum atomic E-state index is 0.705. The SMILES string of the molecule is CCB(CC)CC.NCCNCCNCCN. The zero-order valence-corrected chi connectivity index (χ0v) is 12.1. The Morgan fingerprint density at radius 2 is 1.06 bits per heavy atom. The van der Waals surface area contributed by atoms with Crippen molar-refractivity contribution in [2.45, 2.75) is 39.7 Å². The summed E-state index contributed by atoms with van der Waals surface area (Å²) >= 11 is 0. The third kappa shape index (κ3) is 18.5. The molecule has 0 aromatic carbocycles. The van der Waals surface area contributed by atoms with E-state index >= 15 is 0 Å². The molecule has 0 aliphatic rings. The number of nitrogens with one attached hydrogen (secondary N) is 2. The van der Waals surface area contributed by atoms with Gasteiger partial charge >= 0.3 is 0 Å². The molecule has 0 amide bonds. The van der Waals surface area contributed by atoms with Crippen molar-refractivity contribution >= 4 is 6.71 Å². The molecule has 0 heterocycles. The normalized spacial score (nSPS) is 9.71. The van der Waals surface area contributed by atoms with Gasteiger partial charge in [0, 0.05) is 39.3 Å². The molecule has 104 valence electrons. The summed E-state index contributed by atoms with van der Waals surface area (Å²) in [6.07, 6.45) is 4.06. The van der Waals surface area contributed by atoms with Gasteiger partial charge in [0.25, 0.3) is 0 Å². The quantitative estimate of drug-likeness (QED) is 0.336. The van der Waals surface area contributed by atoms with Crippen LogP contribution in [0.15, 0.2) is 0 Å². The van der Waals surface area contributed by atoms with Crippen LogP contribution in [0.1, 0.15) is 20.8 Å². The molecule has 0 aromatic heterocycles. The van der Waals surface area contributed by atoms with Crippen molar-refractivity contribution in [3.8, 4) is 0 Å². The predicted octanol–water partition coefficient (Wildman–Crippen LogP) is 0.624. The van der Waals surface area contributed by atoms with Gasteiger partial charge in [0.05, 0.1) is 0 Å². The number of hydrogen-bond donors (Lipinski definition) is 4. The molecule has 0 atom stereocenters. The van der Waals surface area contributed by atoms with Crippen LogP contribution in [0.4, 0.5) is 0 Å². The third-order valence-corrected chi connectivity index (χ3v) is 2.85. The van der Waals surface area contributed by atoms with Crippen molar-refractivity contribution in [2.24, 2.45) is 11.5 Å². The summed E-state index contributed by atoms with van der Waals surface area (Å²) in [5, 5.41) is 6.33. The molecule has 0 fully saturated rings. The van der Waals surface area contributed by atoms with Gasteiger partial charge in [-0.25, -0.2) is 0 Å². The third-order valence-electron chi connectivity index (χ3n) is 2.85. The molecular formula is C12H33BN4. The summed E-state index contributed by atoms with van der Waals surface area (Å²) in [7, 11) is 0. The zero-order chi connectivity index (χ0) is 13.4. The fourth-order valence-electron chi connectivity index (χ4n) is 1.50. The van der Waals surface area contributed by atoms with E-state index in [2.05, 4.69) is 31.4 Å². The largest absolute Gasteiger partial charge is 0.329 e. The van der Waals surface area contributed by atoms with Crippen LogP contribution in [-0.2, 0) is 0 Å². The highest BCUT2D eigenvalue weighted by Gasteiger charge is 2.01. The summed E-state index contributed by atoms with van der Waals surface area (Å²) in [5.74, 6) is 0. The second kappa shape index (κ2) is 18.3. The lowest BCUT2D eigenvalue weighted by atomic mass is 9.44. The molecular weight excluding hydrogens is 211 g/mol. The second-order valence-corrected chi connectivity index (χ2v) is 4.17. The fraction of sp³-hybridized carbons (Fsp3) is 1.00. The Morgan fingerprint density at radius 1 is 0.706 bits per heavy atom. The minimum absolute atomic E-state index is 0.705. The first-order valence-electron chi connectivity index (χ1n) is 7.08. The molecule has 0 rings (SSSR count). The van der Waals surface area contributed by atoms with Gasteiger partial charge in [0.1, 0.15) is 6.71 Å². The Balaban J connectivity index is 0. The lowest BCUT2D eigenvalue weighted by Crippen LogP contribution is -2.32. The number of rotatable bonds is 10. The van der Waals surface area contributed by atoms with E-state index in [-0.39, 0.29) is 0 Å². The summed E-state index contributed by atoms with van der Waals surface area (Å²) in [6.45, 7) is 12.9. The maximum absolute atomic E-state index is 5.27. The molecule has 0 bridgehead atoms. The van der Waals surface area contributed by atoms with Crippen molar-refractivity contribution in [1.29, 1.82) is 0 Å². The predicted molar refractivity (Wildman–Crippen MR) is 81.0 cm³/mol. The van der Waals surface area contributed by atoms with Gasteiger partial charge in [-0.05, 0) is 0 Å². The first-order chi connectivity index (χ1) is 8.26. The van der Waals surface area contributed by atoms with E-state index in [1.165, 1.54) is 19.0 Å². The molecule has 0 saturated carbocycles. The molecule has 17 heavy (non-hydrogen) atoms. The van der Waals surface area contributed by atoms with Crippen LogP contribution >= 0.6 is 0 Å². The molecule has 6 N–H and O–H groups in total. The highest BCUT2D eigenvalue weighted by Crippen LogP contribution is 2.01. The molecule has 0 radical (unpaired) electrons. The average molecular weight is 244 g/mol.